The minimum Gasteiger partial charge on any atom is -0.300 e. The lowest BCUT2D eigenvalue weighted by molar-refractivity contribution is -0.117. The highest BCUT2D eigenvalue weighted by molar-refractivity contribution is 9.10. The summed E-state index contributed by atoms with van der Waals surface area (Å²) in [5, 5.41) is 0.592. The Morgan fingerprint density at radius 2 is 2.22 bits per heavy atom. The summed E-state index contributed by atoms with van der Waals surface area (Å²) < 4.78 is 2.41. The van der Waals surface area contributed by atoms with E-state index >= 15 is 0 Å². The number of hydrogen-bond acceptors (Lipinski definition) is 3. The van der Waals surface area contributed by atoms with Gasteiger partial charge in [0.25, 0.3) is 5.56 Å². The minimum atomic E-state index is -0.0650. The summed E-state index contributed by atoms with van der Waals surface area (Å²) in [6.07, 6.45) is 2.69. The zero-order valence-corrected chi connectivity index (χ0v) is 11.6. The monoisotopic (exact) mass is 308 g/mol. The van der Waals surface area contributed by atoms with Gasteiger partial charge in [-0.3, -0.25) is 9.36 Å². The Kier molecular flexibility index (Phi) is 3.91. The molecule has 0 bridgehead atoms. The lowest BCUT2D eigenvalue weighted by Crippen LogP contribution is -2.20. The third-order valence-electron chi connectivity index (χ3n) is 2.71. The van der Waals surface area contributed by atoms with E-state index < -0.39 is 0 Å². The fourth-order valence-electron chi connectivity index (χ4n) is 1.79. The molecule has 1 heterocycles. The van der Waals surface area contributed by atoms with Crippen molar-refractivity contribution in [2.24, 2.45) is 0 Å². The molecule has 0 saturated heterocycles. The number of fused-ring (bicyclic) bond motifs is 1. The number of benzene rings is 1. The number of carbonyl (C=O) groups excluding carboxylic acids is 1. The highest BCUT2D eigenvalue weighted by Gasteiger charge is 2.04. The Labute approximate surface area is 113 Å². The summed E-state index contributed by atoms with van der Waals surface area (Å²) in [7, 11) is 0. The molecular formula is C13H13BrN2O2. The second-order valence-electron chi connectivity index (χ2n) is 4.21. The van der Waals surface area contributed by atoms with E-state index in [0.29, 0.717) is 30.3 Å². The molecule has 1 aromatic carbocycles. The predicted molar refractivity (Wildman–Crippen MR) is 73.6 cm³/mol. The number of halogens is 1. The molecule has 2 aromatic rings. The van der Waals surface area contributed by atoms with Gasteiger partial charge in [-0.05, 0) is 31.5 Å². The number of ketones is 1. The predicted octanol–water partition coefficient (Wildman–Crippen LogP) is 2.53. The fourth-order valence-corrected chi connectivity index (χ4v) is 2.15. The molecule has 4 nitrogen and oxygen atoms in total. The van der Waals surface area contributed by atoms with E-state index in [2.05, 4.69) is 20.9 Å². The van der Waals surface area contributed by atoms with Crippen molar-refractivity contribution in [2.45, 2.75) is 26.3 Å². The molecule has 0 aliphatic carbocycles. The minimum absolute atomic E-state index is 0.0650. The third kappa shape index (κ3) is 2.85. The number of rotatable bonds is 4. The molecule has 0 spiro atoms. The molecule has 0 aliphatic rings. The van der Waals surface area contributed by atoms with E-state index in [-0.39, 0.29) is 11.3 Å². The number of nitrogens with zero attached hydrogens (tertiary/aromatic N) is 2. The summed E-state index contributed by atoms with van der Waals surface area (Å²) in [5.41, 5.74) is 0.621. The van der Waals surface area contributed by atoms with Crippen LogP contribution in [0.15, 0.2) is 33.8 Å². The van der Waals surface area contributed by atoms with E-state index in [0.717, 1.165) is 4.47 Å². The molecule has 0 radical (unpaired) electrons. The van der Waals surface area contributed by atoms with E-state index in [1.165, 1.54) is 0 Å². The largest absolute Gasteiger partial charge is 0.300 e. The second-order valence-corrected chi connectivity index (χ2v) is 5.13. The zero-order valence-electron chi connectivity index (χ0n) is 10.0. The van der Waals surface area contributed by atoms with Gasteiger partial charge in [0.2, 0.25) is 0 Å². The molecule has 0 amide bonds. The highest BCUT2D eigenvalue weighted by atomic mass is 79.9. The Hall–Kier alpha value is -1.49. The first-order valence-corrected chi connectivity index (χ1v) is 6.51. The molecule has 94 valence electrons. The van der Waals surface area contributed by atoms with Crippen molar-refractivity contribution in [1.82, 2.24) is 9.55 Å². The summed E-state index contributed by atoms with van der Waals surface area (Å²) in [4.78, 5) is 27.3. The number of Topliss-reactive ketones (excluding diaryl/α,β-unsaturated/α-hetero) is 1. The third-order valence-corrected chi connectivity index (χ3v) is 3.21. The van der Waals surface area contributed by atoms with E-state index in [9.17, 15) is 9.59 Å². The van der Waals surface area contributed by atoms with Crippen LogP contribution >= 0.6 is 15.9 Å². The van der Waals surface area contributed by atoms with Gasteiger partial charge in [-0.15, -0.1) is 0 Å². The molecule has 18 heavy (non-hydrogen) atoms. The first kappa shape index (κ1) is 13.0. The molecule has 0 saturated carbocycles. The van der Waals surface area contributed by atoms with Crippen LogP contribution in [-0.4, -0.2) is 15.3 Å². The molecule has 2 rings (SSSR count). The fraction of sp³-hybridized carbons (Fsp3) is 0.308. The van der Waals surface area contributed by atoms with Gasteiger partial charge in [-0.25, -0.2) is 4.98 Å². The van der Waals surface area contributed by atoms with Crippen LogP contribution in [0.1, 0.15) is 19.8 Å². The maximum Gasteiger partial charge on any atom is 0.261 e. The van der Waals surface area contributed by atoms with Crippen molar-refractivity contribution in [3.63, 3.8) is 0 Å². The Morgan fingerprint density at radius 3 is 2.94 bits per heavy atom. The maximum atomic E-state index is 12.2. The first-order valence-electron chi connectivity index (χ1n) is 5.72. The van der Waals surface area contributed by atoms with Crippen molar-refractivity contribution in [3.05, 3.63) is 39.4 Å². The van der Waals surface area contributed by atoms with Gasteiger partial charge in [0, 0.05) is 17.4 Å². The molecule has 5 heteroatoms. The Balaban J connectivity index is 2.32. The van der Waals surface area contributed by atoms with E-state index in [1.807, 2.05) is 6.07 Å². The van der Waals surface area contributed by atoms with Gasteiger partial charge in [0.05, 0.1) is 17.2 Å². The van der Waals surface area contributed by atoms with Crippen LogP contribution in [0.4, 0.5) is 0 Å². The van der Waals surface area contributed by atoms with Crippen LogP contribution in [0.3, 0.4) is 0 Å². The molecule has 0 atom stereocenters. The molecule has 0 N–H and O–H groups in total. The molecule has 0 unspecified atom stereocenters. The van der Waals surface area contributed by atoms with Crippen LogP contribution in [0.5, 0.6) is 0 Å². The van der Waals surface area contributed by atoms with Gasteiger partial charge in [-0.2, -0.15) is 0 Å². The highest BCUT2D eigenvalue weighted by Crippen LogP contribution is 2.14. The smallest absolute Gasteiger partial charge is 0.261 e. The number of hydrogen-bond donors (Lipinski definition) is 0. The van der Waals surface area contributed by atoms with Crippen LogP contribution in [0.2, 0.25) is 0 Å². The topological polar surface area (TPSA) is 52.0 Å². The van der Waals surface area contributed by atoms with Crippen LogP contribution in [-0.2, 0) is 11.3 Å². The van der Waals surface area contributed by atoms with Gasteiger partial charge in [0.1, 0.15) is 5.78 Å². The van der Waals surface area contributed by atoms with Crippen molar-refractivity contribution < 1.29 is 4.79 Å². The number of aromatic nitrogens is 2. The molecule has 0 aliphatic heterocycles. The van der Waals surface area contributed by atoms with Crippen LogP contribution in [0.25, 0.3) is 10.9 Å². The van der Waals surface area contributed by atoms with Crippen molar-refractivity contribution in [3.8, 4) is 0 Å². The Morgan fingerprint density at radius 1 is 1.44 bits per heavy atom. The van der Waals surface area contributed by atoms with Crippen molar-refractivity contribution >= 4 is 32.6 Å². The number of aryl methyl sites for hydroxylation is 1. The van der Waals surface area contributed by atoms with E-state index in [1.54, 1.807) is 30.0 Å². The van der Waals surface area contributed by atoms with Crippen LogP contribution < -0.4 is 5.56 Å². The quantitative estimate of drug-likeness (QED) is 0.872. The first-order chi connectivity index (χ1) is 8.58. The summed E-state index contributed by atoms with van der Waals surface area (Å²) >= 11 is 3.34. The normalized spacial score (nSPS) is 10.8. The van der Waals surface area contributed by atoms with E-state index in [4.69, 9.17) is 0 Å². The lowest BCUT2D eigenvalue weighted by Gasteiger charge is -2.05. The SMILES string of the molecule is CC(=O)CCCn1cnc2ccc(Br)cc2c1=O. The lowest BCUT2D eigenvalue weighted by atomic mass is 10.2. The van der Waals surface area contributed by atoms with Crippen molar-refractivity contribution in [2.75, 3.05) is 0 Å². The van der Waals surface area contributed by atoms with Gasteiger partial charge in [0.15, 0.2) is 0 Å². The Bertz CT molecular complexity index is 649. The van der Waals surface area contributed by atoms with Crippen LogP contribution in [0, 0.1) is 0 Å². The van der Waals surface area contributed by atoms with Gasteiger partial charge >= 0.3 is 0 Å². The standard InChI is InChI=1S/C13H13BrN2O2/c1-9(17)3-2-6-16-8-15-12-5-4-10(14)7-11(12)13(16)18/h4-5,7-8H,2-3,6H2,1H3. The summed E-state index contributed by atoms with van der Waals surface area (Å²) in [6, 6.07) is 5.43. The molecule has 1 aromatic heterocycles. The van der Waals surface area contributed by atoms with Crippen molar-refractivity contribution in [1.29, 1.82) is 0 Å². The van der Waals surface area contributed by atoms with Gasteiger partial charge in [-0.1, -0.05) is 15.9 Å². The molecular weight excluding hydrogens is 296 g/mol. The zero-order chi connectivity index (χ0) is 13.1. The van der Waals surface area contributed by atoms with Gasteiger partial charge < -0.3 is 4.79 Å². The average molecular weight is 309 g/mol. The second kappa shape index (κ2) is 5.44. The molecule has 0 fully saturated rings. The number of carbonyl (C=O) groups is 1. The summed E-state index contributed by atoms with van der Waals surface area (Å²) in [6.45, 7) is 2.08. The summed E-state index contributed by atoms with van der Waals surface area (Å²) in [5.74, 6) is 0.138. The average Bonchev–Trinajstić information content (AvgIpc) is 2.32. The maximum absolute atomic E-state index is 12.2.